The third-order valence-corrected chi connectivity index (χ3v) is 5.06. The van der Waals surface area contributed by atoms with E-state index in [1.807, 2.05) is 6.07 Å². The maximum atomic E-state index is 5.54. The molecule has 24 heavy (non-hydrogen) atoms. The predicted octanol–water partition coefficient (Wildman–Crippen LogP) is 3.79. The molecule has 2 aromatic rings. The zero-order valence-corrected chi connectivity index (χ0v) is 15.8. The molecule has 1 aliphatic heterocycles. The van der Waals surface area contributed by atoms with Crippen molar-refractivity contribution in [3.05, 3.63) is 52.5 Å². The quantitative estimate of drug-likeness (QED) is 0.775. The molecule has 0 aliphatic carbocycles. The van der Waals surface area contributed by atoms with Crippen LogP contribution < -0.4 is 14.4 Å². The first-order valence-corrected chi connectivity index (χ1v) is 8.93. The van der Waals surface area contributed by atoms with Crippen molar-refractivity contribution < 1.29 is 9.47 Å². The number of rotatable bonds is 5. The van der Waals surface area contributed by atoms with Crippen LogP contribution in [0.15, 0.2) is 46.9 Å². The Morgan fingerprint density at radius 2 is 1.58 bits per heavy atom. The normalized spacial score (nSPS) is 15.4. The van der Waals surface area contributed by atoms with E-state index in [0.717, 1.165) is 48.7 Å². The summed E-state index contributed by atoms with van der Waals surface area (Å²) in [5.41, 5.74) is 2.49. The second-order valence-corrected chi connectivity index (χ2v) is 6.75. The Labute approximate surface area is 152 Å². The summed E-state index contributed by atoms with van der Waals surface area (Å²) in [6.07, 6.45) is 0. The number of nitrogens with zero attached hydrogens (tertiary/aromatic N) is 2. The zero-order valence-electron chi connectivity index (χ0n) is 14.2. The van der Waals surface area contributed by atoms with E-state index in [2.05, 4.69) is 62.1 Å². The summed E-state index contributed by atoms with van der Waals surface area (Å²) < 4.78 is 11.8. The average molecular weight is 391 g/mol. The highest BCUT2D eigenvalue weighted by Gasteiger charge is 2.19. The van der Waals surface area contributed by atoms with Gasteiger partial charge in [-0.15, -0.1) is 0 Å². The Morgan fingerprint density at radius 3 is 2.21 bits per heavy atom. The Kier molecular flexibility index (Phi) is 5.63. The maximum absolute atomic E-state index is 5.54. The molecule has 0 unspecified atom stereocenters. The van der Waals surface area contributed by atoms with Gasteiger partial charge in [-0.3, -0.25) is 4.90 Å². The maximum Gasteiger partial charge on any atom is 0.136 e. The van der Waals surface area contributed by atoms with Gasteiger partial charge in [-0.2, -0.15) is 0 Å². The van der Waals surface area contributed by atoms with Gasteiger partial charge in [0, 0.05) is 50.0 Å². The van der Waals surface area contributed by atoms with Crippen LogP contribution in [0.1, 0.15) is 5.56 Å². The molecule has 0 bridgehead atoms. The Morgan fingerprint density at radius 1 is 0.917 bits per heavy atom. The number of halogens is 1. The van der Waals surface area contributed by atoms with Gasteiger partial charge in [-0.05, 0) is 34.1 Å². The molecule has 4 nitrogen and oxygen atoms in total. The highest BCUT2D eigenvalue weighted by molar-refractivity contribution is 9.10. The van der Waals surface area contributed by atoms with E-state index in [9.17, 15) is 0 Å². The van der Waals surface area contributed by atoms with Crippen LogP contribution in [0.25, 0.3) is 0 Å². The SMILES string of the molecule is COc1cc(OC)c(CN2CCN(c3ccccc3)CC2)cc1Br. The lowest BCUT2D eigenvalue weighted by Crippen LogP contribution is -2.46. The first-order valence-electron chi connectivity index (χ1n) is 8.14. The molecule has 1 saturated heterocycles. The molecule has 0 radical (unpaired) electrons. The van der Waals surface area contributed by atoms with E-state index < -0.39 is 0 Å². The van der Waals surface area contributed by atoms with E-state index in [0.29, 0.717) is 0 Å². The number of anilines is 1. The Hall–Kier alpha value is -1.72. The van der Waals surface area contributed by atoms with Crippen molar-refractivity contribution >= 4 is 21.6 Å². The highest BCUT2D eigenvalue weighted by atomic mass is 79.9. The predicted molar refractivity (Wildman–Crippen MR) is 101 cm³/mol. The van der Waals surface area contributed by atoms with Crippen LogP contribution in [0.5, 0.6) is 11.5 Å². The van der Waals surface area contributed by atoms with E-state index >= 15 is 0 Å². The summed E-state index contributed by atoms with van der Waals surface area (Å²) >= 11 is 3.57. The second-order valence-electron chi connectivity index (χ2n) is 5.90. The number of methoxy groups -OCH3 is 2. The molecular formula is C19H23BrN2O2. The van der Waals surface area contributed by atoms with Gasteiger partial charge in [-0.25, -0.2) is 0 Å². The molecule has 1 heterocycles. The molecule has 0 N–H and O–H groups in total. The first-order chi connectivity index (χ1) is 11.7. The molecule has 2 aromatic carbocycles. The molecule has 5 heteroatoms. The lowest BCUT2D eigenvalue weighted by molar-refractivity contribution is 0.246. The van der Waals surface area contributed by atoms with Gasteiger partial charge in [0.25, 0.3) is 0 Å². The molecule has 0 atom stereocenters. The fraction of sp³-hybridized carbons (Fsp3) is 0.368. The van der Waals surface area contributed by atoms with E-state index in [4.69, 9.17) is 9.47 Å². The number of benzene rings is 2. The van der Waals surface area contributed by atoms with Crippen LogP contribution in [-0.4, -0.2) is 45.3 Å². The first kappa shape index (κ1) is 17.1. The molecule has 0 saturated carbocycles. The summed E-state index contributed by atoms with van der Waals surface area (Å²) in [7, 11) is 3.38. The summed E-state index contributed by atoms with van der Waals surface area (Å²) in [5.74, 6) is 1.67. The number of para-hydroxylation sites is 1. The van der Waals surface area contributed by atoms with Crippen molar-refractivity contribution in [3.63, 3.8) is 0 Å². The summed E-state index contributed by atoms with van der Waals surface area (Å²) in [6.45, 7) is 5.06. The molecule has 0 amide bonds. The minimum Gasteiger partial charge on any atom is -0.496 e. The molecule has 128 valence electrons. The summed E-state index contributed by atoms with van der Waals surface area (Å²) in [4.78, 5) is 4.91. The van der Waals surface area contributed by atoms with Crippen LogP contribution in [0.3, 0.4) is 0 Å². The Balaban J connectivity index is 1.65. The third kappa shape index (κ3) is 3.84. The fourth-order valence-electron chi connectivity index (χ4n) is 3.09. The monoisotopic (exact) mass is 390 g/mol. The summed E-state index contributed by atoms with van der Waals surface area (Å²) in [6, 6.07) is 14.7. The zero-order chi connectivity index (χ0) is 16.9. The number of ether oxygens (including phenoxy) is 2. The fourth-order valence-corrected chi connectivity index (χ4v) is 3.64. The van der Waals surface area contributed by atoms with Gasteiger partial charge in [-0.1, -0.05) is 18.2 Å². The third-order valence-electron chi connectivity index (χ3n) is 4.44. The molecule has 3 rings (SSSR count). The van der Waals surface area contributed by atoms with Crippen LogP contribution in [-0.2, 0) is 6.54 Å². The van der Waals surface area contributed by atoms with Crippen molar-refractivity contribution in [1.29, 1.82) is 0 Å². The van der Waals surface area contributed by atoms with Crippen molar-refractivity contribution in [2.45, 2.75) is 6.54 Å². The number of hydrogen-bond acceptors (Lipinski definition) is 4. The van der Waals surface area contributed by atoms with E-state index in [1.165, 1.54) is 11.3 Å². The van der Waals surface area contributed by atoms with Gasteiger partial charge in [0.1, 0.15) is 11.5 Å². The van der Waals surface area contributed by atoms with Gasteiger partial charge in [0.05, 0.1) is 18.7 Å². The van der Waals surface area contributed by atoms with E-state index in [-0.39, 0.29) is 0 Å². The molecule has 1 fully saturated rings. The lowest BCUT2D eigenvalue weighted by atomic mass is 10.1. The average Bonchev–Trinajstić information content (AvgIpc) is 2.63. The highest BCUT2D eigenvalue weighted by Crippen LogP contribution is 2.33. The topological polar surface area (TPSA) is 24.9 Å². The summed E-state index contributed by atoms with van der Waals surface area (Å²) in [5, 5.41) is 0. The van der Waals surface area contributed by atoms with Gasteiger partial charge in [0.15, 0.2) is 0 Å². The smallest absolute Gasteiger partial charge is 0.136 e. The van der Waals surface area contributed by atoms with Crippen LogP contribution >= 0.6 is 15.9 Å². The van der Waals surface area contributed by atoms with Crippen molar-refractivity contribution in [2.24, 2.45) is 0 Å². The van der Waals surface area contributed by atoms with Crippen LogP contribution in [0, 0.1) is 0 Å². The molecule has 1 aliphatic rings. The molecule has 0 aromatic heterocycles. The van der Waals surface area contributed by atoms with Crippen molar-refractivity contribution in [1.82, 2.24) is 4.90 Å². The number of hydrogen-bond donors (Lipinski definition) is 0. The van der Waals surface area contributed by atoms with Crippen molar-refractivity contribution in [3.8, 4) is 11.5 Å². The number of piperazine rings is 1. The van der Waals surface area contributed by atoms with E-state index in [1.54, 1.807) is 14.2 Å². The van der Waals surface area contributed by atoms with Crippen LogP contribution in [0.2, 0.25) is 0 Å². The lowest BCUT2D eigenvalue weighted by Gasteiger charge is -2.36. The van der Waals surface area contributed by atoms with Gasteiger partial charge >= 0.3 is 0 Å². The van der Waals surface area contributed by atoms with Gasteiger partial charge < -0.3 is 14.4 Å². The largest absolute Gasteiger partial charge is 0.496 e. The van der Waals surface area contributed by atoms with Gasteiger partial charge in [0.2, 0.25) is 0 Å². The van der Waals surface area contributed by atoms with Crippen LogP contribution in [0.4, 0.5) is 5.69 Å². The molecule has 0 spiro atoms. The second kappa shape index (κ2) is 7.90. The Bertz CT molecular complexity index is 671. The minimum absolute atomic E-state index is 0.796. The molecular weight excluding hydrogens is 368 g/mol. The minimum atomic E-state index is 0.796. The van der Waals surface area contributed by atoms with Crippen molar-refractivity contribution in [2.75, 3.05) is 45.3 Å². The standard InChI is InChI=1S/C19H23BrN2O2/c1-23-18-13-19(24-2)17(20)12-15(18)14-21-8-10-22(11-9-21)16-6-4-3-5-7-16/h3-7,12-13H,8-11,14H2,1-2H3.